The van der Waals surface area contributed by atoms with Crippen molar-refractivity contribution in [3.63, 3.8) is 0 Å². The van der Waals surface area contributed by atoms with Crippen LogP contribution in [0, 0.1) is 6.92 Å². The van der Waals surface area contributed by atoms with Crippen LogP contribution in [0.3, 0.4) is 0 Å². The van der Waals surface area contributed by atoms with Crippen LogP contribution in [0.2, 0.25) is 0 Å². The maximum Gasteiger partial charge on any atom is 0.279 e. The Morgan fingerprint density at radius 3 is 2.30 bits per heavy atom. The van der Waals surface area contributed by atoms with Gasteiger partial charge in [0.15, 0.2) is 5.78 Å². The minimum atomic E-state index is -0.386. The lowest BCUT2D eigenvalue weighted by Gasteiger charge is -2.06. The molecule has 2 rings (SSSR count). The van der Waals surface area contributed by atoms with Crippen molar-refractivity contribution in [3.8, 4) is 0 Å². The van der Waals surface area contributed by atoms with E-state index in [0.29, 0.717) is 10.4 Å². The van der Waals surface area contributed by atoms with Crippen molar-refractivity contribution >= 4 is 28.9 Å². The summed E-state index contributed by atoms with van der Waals surface area (Å²) in [7, 11) is 0. The molecule has 6 heteroatoms. The van der Waals surface area contributed by atoms with E-state index in [-0.39, 0.29) is 30.4 Å². The van der Waals surface area contributed by atoms with Crippen molar-refractivity contribution < 1.29 is 14.4 Å². The number of hydrogen-bond donors (Lipinski definition) is 2. The highest BCUT2D eigenvalue weighted by Crippen LogP contribution is 2.22. The van der Waals surface area contributed by atoms with Gasteiger partial charge in [0.25, 0.3) is 5.91 Å². The Morgan fingerprint density at radius 2 is 1.70 bits per heavy atom. The fraction of sp³-hybridized carbons (Fsp3) is 0.381. The summed E-state index contributed by atoms with van der Waals surface area (Å²) in [5.74, 6) is -0.807. The van der Waals surface area contributed by atoms with Crippen molar-refractivity contribution in [2.45, 2.75) is 52.9 Å². The fourth-order valence-corrected chi connectivity index (χ4v) is 3.76. The van der Waals surface area contributed by atoms with Crippen LogP contribution in [0.4, 0.5) is 0 Å². The van der Waals surface area contributed by atoms with E-state index in [2.05, 4.69) is 17.8 Å². The first-order chi connectivity index (χ1) is 12.9. The molecule has 144 valence electrons. The van der Waals surface area contributed by atoms with Gasteiger partial charge in [0, 0.05) is 23.3 Å². The second-order valence-corrected chi connectivity index (χ2v) is 7.58. The highest BCUT2D eigenvalue weighted by atomic mass is 32.1. The zero-order valence-electron chi connectivity index (χ0n) is 16.1. The third-order valence-corrected chi connectivity index (χ3v) is 5.65. The largest absolute Gasteiger partial charge is 0.294 e. The zero-order chi connectivity index (χ0) is 19.8. The number of nitrogens with one attached hydrogen (secondary N) is 2. The van der Waals surface area contributed by atoms with Gasteiger partial charge in [0.1, 0.15) is 0 Å². The SMILES string of the molecule is CCCc1ccc(C(=O)CCC(=O)NNC(=O)c2cc(C)c(CC)s2)cc1. The third-order valence-electron chi connectivity index (χ3n) is 4.27. The van der Waals surface area contributed by atoms with Gasteiger partial charge in [-0.1, -0.05) is 44.5 Å². The predicted octanol–water partition coefficient (Wildman–Crippen LogP) is 4.00. The minimum absolute atomic E-state index is 0.0273. The van der Waals surface area contributed by atoms with Gasteiger partial charge in [0.05, 0.1) is 4.88 Å². The summed E-state index contributed by atoms with van der Waals surface area (Å²) in [6.07, 6.45) is 3.05. The molecule has 27 heavy (non-hydrogen) atoms. The summed E-state index contributed by atoms with van der Waals surface area (Å²) in [6.45, 7) is 6.11. The van der Waals surface area contributed by atoms with E-state index < -0.39 is 0 Å². The highest BCUT2D eigenvalue weighted by Gasteiger charge is 2.13. The average molecular weight is 387 g/mol. The Labute approximate surface area is 164 Å². The summed E-state index contributed by atoms with van der Waals surface area (Å²) in [5, 5.41) is 0. The maximum atomic E-state index is 12.2. The molecule has 5 nitrogen and oxygen atoms in total. The molecular formula is C21H26N2O3S. The minimum Gasteiger partial charge on any atom is -0.294 e. The van der Waals surface area contributed by atoms with E-state index in [0.717, 1.165) is 29.7 Å². The van der Waals surface area contributed by atoms with E-state index in [1.165, 1.54) is 16.9 Å². The molecule has 2 N–H and O–H groups in total. The lowest BCUT2D eigenvalue weighted by molar-refractivity contribution is -0.121. The van der Waals surface area contributed by atoms with E-state index in [1.54, 1.807) is 12.1 Å². The molecule has 0 saturated heterocycles. The van der Waals surface area contributed by atoms with Gasteiger partial charge in [-0.2, -0.15) is 0 Å². The molecule has 0 aliphatic heterocycles. The van der Waals surface area contributed by atoms with Crippen LogP contribution < -0.4 is 10.9 Å². The van der Waals surface area contributed by atoms with Crippen molar-refractivity contribution in [3.05, 3.63) is 56.8 Å². The van der Waals surface area contributed by atoms with Crippen molar-refractivity contribution in [2.24, 2.45) is 0 Å². The first-order valence-corrected chi connectivity index (χ1v) is 10.1. The molecule has 1 aromatic carbocycles. The van der Waals surface area contributed by atoms with Crippen LogP contribution in [0.5, 0.6) is 0 Å². The molecule has 0 saturated carbocycles. The molecule has 0 fully saturated rings. The third kappa shape index (κ3) is 6.03. The van der Waals surface area contributed by atoms with Crippen LogP contribution in [-0.4, -0.2) is 17.6 Å². The second kappa shape index (κ2) is 10.0. The summed E-state index contributed by atoms with van der Waals surface area (Å²) in [6, 6.07) is 9.32. The Bertz CT molecular complexity index is 809. The number of carbonyl (C=O) groups is 3. The van der Waals surface area contributed by atoms with Gasteiger partial charge in [-0.3, -0.25) is 25.2 Å². The van der Waals surface area contributed by atoms with Crippen LogP contribution in [-0.2, 0) is 17.6 Å². The molecule has 0 aliphatic carbocycles. The van der Waals surface area contributed by atoms with E-state index >= 15 is 0 Å². The summed E-state index contributed by atoms with van der Waals surface area (Å²) in [5.41, 5.74) is 7.67. The highest BCUT2D eigenvalue weighted by molar-refractivity contribution is 7.14. The molecule has 1 heterocycles. The molecule has 0 unspecified atom stereocenters. The zero-order valence-corrected chi connectivity index (χ0v) is 16.9. The van der Waals surface area contributed by atoms with Gasteiger partial charge < -0.3 is 0 Å². The average Bonchev–Trinajstić information content (AvgIpc) is 3.06. The standard InChI is InChI=1S/C21H26N2O3S/c1-4-6-15-7-9-16(10-8-15)17(24)11-12-20(25)22-23-21(26)19-13-14(3)18(5-2)27-19/h7-10,13H,4-6,11-12H2,1-3H3,(H,22,25)(H,23,26). The van der Waals surface area contributed by atoms with Crippen LogP contribution in [0.15, 0.2) is 30.3 Å². The number of rotatable bonds is 8. The number of hydrazine groups is 1. The molecular weight excluding hydrogens is 360 g/mol. The van der Waals surface area contributed by atoms with E-state index in [4.69, 9.17) is 0 Å². The van der Waals surface area contributed by atoms with Crippen LogP contribution in [0.25, 0.3) is 0 Å². The number of ketones is 1. The molecule has 1 aromatic heterocycles. The molecule has 0 aliphatic rings. The van der Waals surface area contributed by atoms with E-state index in [1.807, 2.05) is 32.0 Å². The summed E-state index contributed by atoms with van der Waals surface area (Å²) >= 11 is 1.42. The Balaban J connectivity index is 1.78. The Kier molecular flexibility index (Phi) is 7.73. The topological polar surface area (TPSA) is 75.3 Å². The van der Waals surface area contributed by atoms with Gasteiger partial charge >= 0.3 is 0 Å². The van der Waals surface area contributed by atoms with Gasteiger partial charge in [-0.25, -0.2) is 0 Å². The number of aryl methyl sites for hydroxylation is 3. The second-order valence-electron chi connectivity index (χ2n) is 6.44. The number of hydrogen-bond acceptors (Lipinski definition) is 4. The molecule has 0 bridgehead atoms. The van der Waals surface area contributed by atoms with Crippen LogP contribution in [0.1, 0.15) is 69.1 Å². The number of carbonyl (C=O) groups excluding carboxylic acids is 3. The number of benzene rings is 1. The molecule has 0 radical (unpaired) electrons. The maximum absolute atomic E-state index is 12.2. The lowest BCUT2D eigenvalue weighted by atomic mass is 10.0. The molecule has 0 atom stereocenters. The Hall–Kier alpha value is -2.47. The van der Waals surface area contributed by atoms with Crippen molar-refractivity contribution in [1.29, 1.82) is 0 Å². The number of amides is 2. The lowest BCUT2D eigenvalue weighted by Crippen LogP contribution is -2.41. The van der Waals surface area contributed by atoms with Crippen molar-refractivity contribution in [1.82, 2.24) is 10.9 Å². The predicted molar refractivity (Wildman–Crippen MR) is 108 cm³/mol. The number of thiophene rings is 1. The smallest absolute Gasteiger partial charge is 0.279 e. The first-order valence-electron chi connectivity index (χ1n) is 9.25. The normalized spacial score (nSPS) is 10.5. The van der Waals surface area contributed by atoms with Crippen molar-refractivity contribution in [2.75, 3.05) is 0 Å². The van der Waals surface area contributed by atoms with E-state index in [9.17, 15) is 14.4 Å². The summed E-state index contributed by atoms with van der Waals surface area (Å²) in [4.78, 5) is 37.9. The summed E-state index contributed by atoms with van der Waals surface area (Å²) < 4.78 is 0. The van der Waals surface area contributed by atoms with Gasteiger partial charge in [0.2, 0.25) is 5.91 Å². The fourth-order valence-electron chi connectivity index (χ4n) is 2.75. The monoisotopic (exact) mass is 386 g/mol. The molecule has 0 spiro atoms. The van der Waals surface area contributed by atoms with Gasteiger partial charge in [-0.05, 0) is 37.0 Å². The quantitative estimate of drug-likeness (QED) is 0.532. The first kappa shape index (κ1) is 20.8. The number of Topliss-reactive ketones (excluding diaryl/α,β-unsaturated/α-hetero) is 1. The van der Waals surface area contributed by atoms with Crippen LogP contribution >= 0.6 is 11.3 Å². The van der Waals surface area contributed by atoms with Gasteiger partial charge in [-0.15, -0.1) is 11.3 Å². The molecule has 2 aromatic rings. The molecule has 2 amide bonds. The Morgan fingerprint density at radius 1 is 1.00 bits per heavy atom.